The van der Waals surface area contributed by atoms with E-state index in [1.807, 2.05) is 20.8 Å². The van der Waals surface area contributed by atoms with Crippen LogP contribution >= 0.6 is 0 Å². The predicted molar refractivity (Wildman–Crippen MR) is 97.4 cm³/mol. The Morgan fingerprint density at radius 2 is 1.26 bits per heavy atom. The minimum Gasteiger partial charge on any atom is -0.330 e. The summed E-state index contributed by atoms with van der Waals surface area (Å²) in [6, 6.07) is 0. The van der Waals surface area contributed by atoms with Gasteiger partial charge in [0.25, 0.3) is 5.97 Å². The average Bonchev–Trinajstić information content (AvgIpc) is 2.53. The Balaban J connectivity index is 4.61. The first-order valence-corrected chi connectivity index (χ1v) is 9.79. The lowest BCUT2D eigenvalue weighted by Gasteiger charge is -2.35. The third-order valence-corrected chi connectivity index (χ3v) is 4.16. The molecule has 2 N–H and O–H groups in total. The molecule has 1 unspecified atom stereocenters. The third-order valence-electron chi connectivity index (χ3n) is 4.16. The van der Waals surface area contributed by atoms with E-state index in [0.29, 0.717) is 25.7 Å². The number of nitrogens with two attached hydrogens (primary N) is 1. The quantitative estimate of drug-likeness (QED) is 0.305. The molecule has 1 atom stereocenters. The first-order chi connectivity index (χ1) is 11.2. The third kappa shape index (κ3) is 11.1. The summed E-state index contributed by atoms with van der Waals surface area (Å²) >= 11 is 0. The van der Waals surface area contributed by atoms with Crippen LogP contribution in [0.5, 0.6) is 0 Å². The molecule has 0 fully saturated rings. The van der Waals surface area contributed by atoms with Gasteiger partial charge in [0.15, 0.2) is 0 Å². The van der Waals surface area contributed by atoms with Crippen LogP contribution in [0.2, 0.25) is 0 Å². The Kier molecular flexibility index (Phi) is 15.3. The molecule has 0 saturated carbocycles. The fraction of sp³-hybridized carbons (Fsp3) is 1.00. The molecule has 0 rings (SSSR count). The molecule has 0 aromatic heterocycles. The van der Waals surface area contributed by atoms with Gasteiger partial charge in [-0.1, -0.05) is 45.4 Å². The topological polar surface area (TPSA) is 53.7 Å². The molecule has 0 radical (unpaired) electrons. The molecule has 4 nitrogen and oxygen atoms in total. The average molecular weight is 332 g/mol. The van der Waals surface area contributed by atoms with Crippen LogP contribution < -0.4 is 5.73 Å². The van der Waals surface area contributed by atoms with Crippen LogP contribution in [0.1, 0.15) is 85.5 Å². The molecule has 0 aromatic rings. The van der Waals surface area contributed by atoms with E-state index in [1.54, 1.807) is 0 Å². The van der Waals surface area contributed by atoms with Crippen molar-refractivity contribution in [2.75, 3.05) is 26.4 Å². The van der Waals surface area contributed by atoms with Crippen molar-refractivity contribution in [3.05, 3.63) is 0 Å². The summed E-state index contributed by atoms with van der Waals surface area (Å²) in [4.78, 5) is 0. The Hall–Kier alpha value is -0.160. The van der Waals surface area contributed by atoms with Crippen LogP contribution in [0.3, 0.4) is 0 Å². The molecule has 0 heterocycles. The Morgan fingerprint density at radius 3 is 1.74 bits per heavy atom. The van der Waals surface area contributed by atoms with Crippen molar-refractivity contribution in [1.29, 1.82) is 0 Å². The van der Waals surface area contributed by atoms with Gasteiger partial charge in [-0.2, -0.15) is 0 Å². The summed E-state index contributed by atoms with van der Waals surface area (Å²) < 4.78 is 17.7. The highest BCUT2D eigenvalue weighted by atomic mass is 16.9. The molecule has 23 heavy (non-hydrogen) atoms. The van der Waals surface area contributed by atoms with Gasteiger partial charge in [-0.25, -0.2) is 0 Å². The van der Waals surface area contributed by atoms with Crippen LogP contribution in [0, 0.1) is 5.92 Å². The summed E-state index contributed by atoms with van der Waals surface area (Å²) in [5.74, 6) is -0.328. The summed E-state index contributed by atoms with van der Waals surface area (Å²) in [6.07, 6.45) is 10.8. The van der Waals surface area contributed by atoms with Gasteiger partial charge in [0.05, 0.1) is 0 Å². The van der Waals surface area contributed by atoms with E-state index in [1.165, 1.54) is 38.5 Å². The molecule has 0 spiro atoms. The zero-order valence-electron chi connectivity index (χ0n) is 16.1. The van der Waals surface area contributed by atoms with E-state index in [0.717, 1.165) is 25.8 Å². The first kappa shape index (κ1) is 22.8. The fourth-order valence-electron chi connectivity index (χ4n) is 3.11. The number of rotatable bonds is 17. The summed E-state index contributed by atoms with van der Waals surface area (Å²) in [7, 11) is 0. The van der Waals surface area contributed by atoms with Crippen molar-refractivity contribution < 1.29 is 14.2 Å². The van der Waals surface area contributed by atoms with Crippen molar-refractivity contribution in [3.8, 4) is 0 Å². The standard InChI is InChI=1S/C19H41NO3/c1-5-9-10-11-12-14-18(15-13-16-20)17-19(21-6-2,22-7-3)23-8-4/h18H,5-17,20H2,1-4H3. The molecule has 4 heteroatoms. The van der Waals surface area contributed by atoms with E-state index in [4.69, 9.17) is 19.9 Å². The highest BCUT2D eigenvalue weighted by molar-refractivity contribution is 4.69. The molecule has 140 valence electrons. The van der Waals surface area contributed by atoms with Crippen molar-refractivity contribution in [3.63, 3.8) is 0 Å². The molecule has 0 aromatic carbocycles. The van der Waals surface area contributed by atoms with E-state index in [2.05, 4.69) is 6.92 Å². The Bertz CT molecular complexity index is 232. The number of hydrogen-bond acceptors (Lipinski definition) is 4. The summed E-state index contributed by atoms with van der Waals surface area (Å²) in [5, 5.41) is 0. The maximum Gasteiger partial charge on any atom is 0.283 e. The molecular weight excluding hydrogens is 290 g/mol. The first-order valence-electron chi connectivity index (χ1n) is 9.79. The molecule has 0 aliphatic rings. The zero-order valence-corrected chi connectivity index (χ0v) is 16.1. The highest BCUT2D eigenvalue weighted by Crippen LogP contribution is 2.30. The van der Waals surface area contributed by atoms with Crippen molar-refractivity contribution in [2.24, 2.45) is 11.7 Å². The van der Waals surface area contributed by atoms with E-state index in [9.17, 15) is 0 Å². The number of hydrogen-bond donors (Lipinski definition) is 1. The molecule has 0 aliphatic heterocycles. The van der Waals surface area contributed by atoms with Crippen LogP contribution in [-0.2, 0) is 14.2 Å². The van der Waals surface area contributed by atoms with Crippen LogP contribution in [0.4, 0.5) is 0 Å². The van der Waals surface area contributed by atoms with Gasteiger partial charge >= 0.3 is 0 Å². The lowest BCUT2D eigenvalue weighted by Crippen LogP contribution is -2.41. The maximum absolute atomic E-state index is 5.89. The predicted octanol–water partition coefficient (Wildman–Crippen LogP) is 4.86. The van der Waals surface area contributed by atoms with Crippen LogP contribution in [0.15, 0.2) is 0 Å². The number of ether oxygens (including phenoxy) is 3. The number of unbranched alkanes of at least 4 members (excludes halogenated alkanes) is 4. The second kappa shape index (κ2) is 15.4. The monoisotopic (exact) mass is 331 g/mol. The van der Waals surface area contributed by atoms with Gasteiger partial charge in [0, 0.05) is 26.2 Å². The van der Waals surface area contributed by atoms with Crippen LogP contribution in [0.25, 0.3) is 0 Å². The second-order valence-corrected chi connectivity index (χ2v) is 6.19. The van der Waals surface area contributed by atoms with Gasteiger partial charge < -0.3 is 19.9 Å². The minimum atomic E-state index is -0.874. The minimum absolute atomic E-state index is 0.546. The maximum atomic E-state index is 5.89. The zero-order chi connectivity index (χ0) is 17.4. The molecule has 0 amide bonds. The van der Waals surface area contributed by atoms with Crippen LogP contribution in [-0.4, -0.2) is 32.3 Å². The lowest BCUT2D eigenvalue weighted by atomic mass is 9.91. The van der Waals surface area contributed by atoms with E-state index < -0.39 is 5.97 Å². The van der Waals surface area contributed by atoms with Gasteiger partial charge in [-0.15, -0.1) is 0 Å². The Labute approximate surface area is 144 Å². The van der Waals surface area contributed by atoms with Crippen molar-refractivity contribution >= 4 is 0 Å². The summed E-state index contributed by atoms with van der Waals surface area (Å²) in [5.41, 5.74) is 5.72. The second-order valence-electron chi connectivity index (χ2n) is 6.19. The van der Waals surface area contributed by atoms with Crippen molar-refractivity contribution in [1.82, 2.24) is 0 Å². The summed E-state index contributed by atoms with van der Waals surface area (Å²) in [6.45, 7) is 10.8. The van der Waals surface area contributed by atoms with Gasteiger partial charge in [0.2, 0.25) is 0 Å². The largest absolute Gasteiger partial charge is 0.330 e. The highest BCUT2D eigenvalue weighted by Gasteiger charge is 2.35. The lowest BCUT2D eigenvalue weighted by molar-refractivity contribution is -0.384. The normalized spacial score (nSPS) is 13.4. The van der Waals surface area contributed by atoms with Crippen molar-refractivity contribution in [2.45, 2.75) is 91.5 Å². The smallest absolute Gasteiger partial charge is 0.283 e. The Morgan fingerprint density at radius 1 is 0.739 bits per heavy atom. The van der Waals surface area contributed by atoms with Gasteiger partial charge in [0.1, 0.15) is 0 Å². The SMILES string of the molecule is CCCCCCCC(CCCN)CC(OCC)(OCC)OCC. The van der Waals surface area contributed by atoms with E-state index in [-0.39, 0.29) is 0 Å². The van der Waals surface area contributed by atoms with E-state index >= 15 is 0 Å². The fourth-order valence-corrected chi connectivity index (χ4v) is 3.11. The van der Waals surface area contributed by atoms with Gasteiger partial charge in [-0.3, -0.25) is 0 Å². The molecular formula is C19H41NO3. The molecule has 0 bridgehead atoms. The molecule has 0 saturated heterocycles. The van der Waals surface area contributed by atoms with Gasteiger partial charge in [-0.05, 0) is 46.1 Å². The molecule has 0 aliphatic carbocycles.